The lowest BCUT2D eigenvalue weighted by atomic mass is 10.2. The van der Waals surface area contributed by atoms with Gasteiger partial charge in [0.15, 0.2) is 0 Å². The zero-order valence-electron chi connectivity index (χ0n) is 7.23. The molecule has 5 heteroatoms. The van der Waals surface area contributed by atoms with Gasteiger partial charge in [-0.3, -0.25) is 9.59 Å². The summed E-state index contributed by atoms with van der Waals surface area (Å²) in [5.74, 6) is -1.66. The number of carbonyl (C=O) groups excluding carboxylic acids is 2. The summed E-state index contributed by atoms with van der Waals surface area (Å²) in [6.07, 6.45) is 0. The monoisotopic (exact) mass is 189 g/mol. The highest BCUT2D eigenvalue weighted by molar-refractivity contribution is 6.36. The SMILES string of the molecule is NCc1cccc2c1=NC(=O)C(=O)N=2. The zero-order chi connectivity index (χ0) is 10.1. The molecule has 2 N–H and O–H groups in total. The van der Waals surface area contributed by atoms with Gasteiger partial charge in [0.25, 0.3) is 0 Å². The topological polar surface area (TPSA) is 84.9 Å². The van der Waals surface area contributed by atoms with E-state index in [2.05, 4.69) is 9.98 Å². The van der Waals surface area contributed by atoms with Crippen LogP contribution in [0.5, 0.6) is 0 Å². The largest absolute Gasteiger partial charge is 0.338 e. The zero-order valence-corrected chi connectivity index (χ0v) is 7.23. The van der Waals surface area contributed by atoms with Gasteiger partial charge >= 0.3 is 11.8 Å². The molecule has 0 saturated carbocycles. The molecule has 0 aliphatic carbocycles. The molecule has 0 bridgehead atoms. The summed E-state index contributed by atoms with van der Waals surface area (Å²) in [6.45, 7) is 0.268. The number of hydrogen-bond donors (Lipinski definition) is 1. The Hall–Kier alpha value is -1.88. The molecule has 0 spiro atoms. The number of para-hydroxylation sites is 1. The van der Waals surface area contributed by atoms with Crippen LogP contribution in [0.2, 0.25) is 0 Å². The van der Waals surface area contributed by atoms with Gasteiger partial charge in [0, 0.05) is 6.54 Å². The van der Waals surface area contributed by atoms with Crippen molar-refractivity contribution in [3.05, 3.63) is 34.5 Å². The third-order valence-corrected chi connectivity index (χ3v) is 1.94. The van der Waals surface area contributed by atoms with Crippen molar-refractivity contribution < 1.29 is 9.59 Å². The Bertz CT molecular complexity index is 533. The average Bonchev–Trinajstić information content (AvgIpc) is 2.19. The van der Waals surface area contributed by atoms with Crippen LogP contribution in [0.4, 0.5) is 0 Å². The Labute approximate surface area is 79.0 Å². The standard InChI is InChI=1S/C9H7N3O2/c10-4-5-2-1-3-6-7(5)12-9(14)8(13)11-6/h1-3H,4,10H2. The highest BCUT2D eigenvalue weighted by Gasteiger charge is 2.15. The van der Waals surface area contributed by atoms with E-state index in [0.717, 1.165) is 0 Å². The molecule has 14 heavy (non-hydrogen) atoms. The molecule has 2 rings (SSSR count). The number of rotatable bonds is 1. The van der Waals surface area contributed by atoms with Crippen LogP contribution >= 0.6 is 0 Å². The van der Waals surface area contributed by atoms with E-state index in [0.29, 0.717) is 16.3 Å². The molecule has 0 fully saturated rings. The first-order valence-corrected chi connectivity index (χ1v) is 4.06. The fraction of sp³-hybridized carbons (Fsp3) is 0.111. The van der Waals surface area contributed by atoms with Crippen LogP contribution in [0.1, 0.15) is 5.56 Å². The van der Waals surface area contributed by atoms with E-state index in [1.54, 1.807) is 18.2 Å². The predicted octanol–water partition coefficient (Wildman–Crippen LogP) is -1.55. The molecule has 2 amide bonds. The van der Waals surface area contributed by atoms with E-state index in [4.69, 9.17) is 5.73 Å². The van der Waals surface area contributed by atoms with Gasteiger partial charge in [-0.2, -0.15) is 0 Å². The lowest BCUT2D eigenvalue weighted by Gasteiger charge is -2.00. The van der Waals surface area contributed by atoms with Crippen LogP contribution in [-0.2, 0) is 16.1 Å². The molecule has 1 heterocycles. The smallest absolute Gasteiger partial charge is 0.326 e. The van der Waals surface area contributed by atoms with Crippen molar-refractivity contribution in [3.8, 4) is 0 Å². The molecule has 0 atom stereocenters. The fourth-order valence-corrected chi connectivity index (χ4v) is 1.27. The molecule has 5 nitrogen and oxygen atoms in total. The molecule has 0 aromatic heterocycles. The van der Waals surface area contributed by atoms with Crippen molar-refractivity contribution in [1.29, 1.82) is 0 Å². The summed E-state index contributed by atoms with van der Waals surface area (Å²) in [5.41, 5.74) is 6.17. The van der Waals surface area contributed by atoms with Gasteiger partial charge in [-0.05, 0) is 11.6 Å². The van der Waals surface area contributed by atoms with Crippen LogP contribution in [0.3, 0.4) is 0 Å². The van der Waals surface area contributed by atoms with Crippen LogP contribution < -0.4 is 16.4 Å². The molecule has 0 radical (unpaired) electrons. The highest BCUT2D eigenvalue weighted by Crippen LogP contribution is 1.90. The highest BCUT2D eigenvalue weighted by atomic mass is 16.2. The molecule has 0 saturated heterocycles. The molecule has 1 aromatic carbocycles. The molecular formula is C9H7N3O2. The van der Waals surface area contributed by atoms with Crippen molar-refractivity contribution in [2.75, 3.05) is 0 Å². The minimum atomic E-state index is -0.835. The van der Waals surface area contributed by atoms with Gasteiger partial charge in [-0.15, -0.1) is 0 Å². The normalized spacial score (nSPS) is 14.4. The number of nitrogens with zero attached hydrogens (tertiary/aromatic N) is 2. The summed E-state index contributed by atoms with van der Waals surface area (Å²) < 4.78 is 0. The number of carbonyl (C=O) groups is 2. The van der Waals surface area contributed by atoms with Crippen molar-refractivity contribution in [2.45, 2.75) is 6.54 Å². The summed E-state index contributed by atoms with van der Waals surface area (Å²) in [6, 6.07) is 5.10. The minimum absolute atomic E-state index is 0.268. The molecular weight excluding hydrogens is 182 g/mol. The van der Waals surface area contributed by atoms with Gasteiger partial charge in [0.1, 0.15) is 0 Å². The lowest BCUT2D eigenvalue weighted by molar-refractivity contribution is -0.135. The summed E-state index contributed by atoms with van der Waals surface area (Å²) in [7, 11) is 0. The summed E-state index contributed by atoms with van der Waals surface area (Å²) in [4.78, 5) is 29.1. The Morgan fingerprint density at radius 3 is 2.57 bits per heavy atom. The van der Waals surface area contributed by atoms with E-state index in [1.807, 2.05) is 0 Å². The third-order valence-electron chi connectivity index (χ3n) is 1.94. The van der Waals surface area contributed by atoms with E-state index in [1.165, 1.54) is 0 Å². The number of nitrogens with two attached hydrogens (primary N) is 1. The van der Waals surface area contributed by atoms with E-state index < -0.39 is 11.8 Å². The van der Waals surface area contributed by atoms with Crippen LogP contribution in [0, 0.1) is 0 Å². The fourth-order valence-electron chi connectivity index (χ4n) is 1.27. The van der Waals surface area contributed by atoms with Crippen LogP contribution in [-0.4, -0.2) is 11.8 Å². The predicted molar refractivity (Wildman–Crippen MR) is 46.7 cm³/mol. The lowest BCUT2D eigenvalue weighted by Crippen LogP contribution is -2.37. The first-order valence-electron chi connectivity index (χ1n) is 4.06. The van der Waals surface area contributed by atoms with Crippen LogP contribution in [0.25, 0.3) is 0 Å². The van der Waals surface area contributed by atoms with E-state index >= 15 is 0 Å². The maximum Gasteiger partial charge on any atom is 0.338 e. The first-order chi connectivity index (χ1) is 6.72. The number of fused-ring (bicyclic) bond motifs is 1. The minimum Gasteiger partial charge on any atom is -0.326 e. The van der Waals surface area contributed by atoms with Crippen molar-refractivity contribution in [1.82, 2.24) is 0 Å². The van der Waals surface area contributed by atoms with E-state index in [9.17, 15) is 9.59 Å². The molecule has 1 aliphatic heterocycles. The molecule has 70 valence electrons. The Kier molecular flexibility index (Phi) is 1.94. The van der Waals surface area contributed by atoms with Crippen molar-refractivity contribution in [2.24, 2.45) is 15.7 Å². The number of amides is 2. The van der Waals surface area contributed by atoms with Crippen LogP contribution in [0.15, 0.2) is 28.2 Å². The van der Waals surface area contributed by atoms with Gasteiger partial charge in [-0.1, -0.05) is 12.1 Å². The number of hydrogen-bond acceptors (Lipinski definition) is 3. The quantitative estimate of drug-likeness (QED) is 0.543. The van der Waals surface area contributed by atoms with E-state index in [-0.39, 0.29) is 6.54 Å². The summed E-state index contributed by atoms with van der Waals surface area (Å²) in [5, 5.41) is 0.831. The number of benzene rings is 1. The summed E-state index contributed by atoms with van der Waals surface area (Å²) >= 11 is 0. The Morgan fingerprint density at radius 1 is 1.14 bits per heavy atom. The second kappa shape index (κ2) is 3.12. The van der Waals surface area contributed by atoms with Gasteiger partial charge < -0.3 is 5.73 Å². The average molecular weight is 189 g/mol. The van der Waals surface area contributed by atoms with Gasteiger partial charge in [0.2, 0.25) is 0 Å². The first kappa shape index (κ1) is 8.71. The Balaban J connectivity index is 2.85. The maximum absolute atomic E-state index is 11.0. The van der Waals surface area contributed by atoms with Crippen molar-refractivity contribution in [3.63, 3.8) is 0 Å². The third kappa shape index (κ3) is 1.23. The van der Waals surface area contributed by atoms with Crippen molar-refractivity contribution >= 4 is 11.8 Å². The van der Waals surface area contributed by atoms with Gasteiger partial charge in [0.05, 0.1) is 10.7 Å². The second-order valence-corrected chi connectivity index (χ2v) is 2.82. The molecule has 1 aliphatic rings. The Morgan fingerprint density at radius 2 is 1.86 bits per heavy atom. The molecule has 1 aromatic rings. The maximum atomic E-state index is 11.0. The van der Waals surface area contributed by atoms with Gasteiger partial charge in [-0.25, -0.2) is 9.98 Å². The molecule has 0 unspecified atom stereocenters. The second-order valence-electron chi connectivity index (χ2n) is 2.82.